The van der Waals surface area contributed by atoms with Crippen molar-refractivity contribution in [1.29, 1.82) is 5.26 Å². The van der Waals surface area contributed by atoms with Crippen LogP contribution in [0.4, 0.5) is 33.6 Å². The molecular formula is C44H37ClN10O18S7. The number of thiazole rings is 1. The van der Waals surface area contributed by atoms with Crippen LogP contribution >= 0.6 is 34.7 Å². The number of ether oxygens (including phenoxy) is 1. The second-order valence-electron chi connectivity index (χ2n) is 17.0. The number of aryl methyl sites for hydroxylation is 1. The number of pyridine rings is 1. The van der Waals surface area contributed by atoms with Crippen LogP contribution in [0.1, 0.15) is 35.1 Å². The zero-order chi connectivity index (χ0) is 58.4. The molecule has 3 aromatic heterocycles. The first-order valence-corrected chi connectivity index (χ1v) is 32.0. The Morgan fingerprint density at radius 1 is 0.725 bits per heavy atom. The van der Waals surface area contributed by atoms with Crippen molar-refractivity contribution < 1.29 is 79.8 Å². The van der Waals surface area contributed by atoms with E-state index in [0.717, 1.165) is 51.8 Å². The molecule has 0 aliphatic rings. The van der Waals surface area contributed by atoms with E-state index < -0.39 is 89.3 Å². The lowest BCUT2D eigenvalue weighted by Gasteiger charge is -2.12. The Hall–Kier alpha value is -6.76. The molecule has 0 radical (unpaired) electrons. The molecule has 420 valence electrons. The Bertz CT molecular complexity index is 4640. The molecule has 80 heavy (non-hydrogen) atoms. The summed E-state index contributed by atoms with van der Waals surface area (Å²) in [5.74, 6) is -2.06. The third-order valence-corrected chi connectivity index (χ3v) is 17.9. The number of benzene rings is 5. The van der Waals surface area contributed by atoms with E-state index >= 15 is 0 Å². The average molecular weight is 1250 g/mol. The minimum atomic E-state index is -4.92. The normalized spacial score (nSPS) is 13.1. The molecule has 0 saturated heterocycles. The number of fused-ring (bicyclic) bond motifs is 6. The topological polar surface area (TPSA) is 450 Å². The number of aliphatic hydroxyl groups excluding tert-OH is 1. The smallest absolute Gasteiger partial charge is 0.296 e. The number of imidazole rings is 1. The Kier molecular flexibility index (Phi) is 16.8. The fraction of sp³-hybridized carbons (Fsp3) is 0.205. The second-order valence-corrected chi connectivity index (χ2v) is 26.9. The Balaban J connectivity index is 1.20. The first-order valence-electron chi connectivity index (χ1n) is 22.3. The van der Waals surface area contributed by atoms with Crippen LogP contribution < -0.4 is 4.74 Å². The van der Waals surface area contributed by atoms with Crippen molar-refractivity contribution >= 4 is 157 Å². The number of hydrogen-bond acceptors (Lipinski definition) is 24. The third-order valence-electron chi connectivity index (χ3n) is 11.4. The van der Waals surface area contributed by atoms with Gasteiger partial charge in [0.1, 0.15) is 43.9 Å². The van der Waals surface area contributed by atoms with E-state index in [1.54, 1.807) is 6.92 Å². The molecule has 36 heteroatoms. The molecular weight excluding hydrogens is 1220 g/mol. The molecule has 0 bridgehead atoms. The standard InChI is InChI=1S/C44H37ClN10O18S7/c1-21-11-31(51-53-38-22(2)28(19-46)42-47-39-33(55(42)43(38)57)14-25(45)15-37(39)80(70,71)72)34(73-7-3-9-76(58,59)60)17-29(21)49-52-32-12-24(20-56)30(18-35(32)74-8-4-10-77(61,62)63)50-54-44-48-40-36(79(67,68)69)13-23-5-6-26(78(64,65)66)16-27(23)41(40)75-44/h5-6,11-18,56-57H,3-4,7-10,20H2,1-2H3,(H,58,59,60)(H,61,62,63)(H,64,65,66)(H,67,68,69)(H,70,71,72). The number of rotatable bonds is 20. The third kappa shape index (κ3) is 13.2. The summed E-state index contributed by atoms with van der Waals surface area (Å²) >= 11 is 7.96. The van der Waals surface area contributed by atoms with Gasteiger partial charge in [0.2, 0.25) is 11.0 Å². The number of nitriles is 1. The first kappa shape index (κ1) is 59.4. The second kappa shape index (κ2) is 22.6. The van der Waals surface area contributed by atoms with E-state index in [2.05, 4.69) is 40.7 Å². The summed E-state index contributed by atoms with van der Waals surface area (Å²) in [7, 11) is -23.3. The van der Waals surface area contributed by atoms with Crippen LogP contribution in [-0.2, 0) is 57.2 Å². The summed E-state index contributed by atoms with van der Waals surface area (Å²) in [6.07, 6.45) is -0.290. The average Bonchev–Trinajstić information content (AvgIpc) is 4.16. The van der Waals surface area contributed by atoms with Crippen LogP contribution in [0, 0.1) is 25.2 Å². The number of aromatic nitrogens is 3. The number of nitrogens with zero attached hydrogens (tertiary/aromatic N) is 10. The van der Waals surface area contributed by atoms with E-state index in [-0.39, 0.29) is 129 Å². The van der Waals surface area contributed by atoms with Crippen LogP contribution in [0.2, 0.25) is 5.02 Å². The van der Waals surface area contributed by atoms with Crippen molar-refractivity contribution in [3.05, 3.63) is 87.9 Å². The quantitative estimate of drug-likeness (QED) is 0.0161. The van der Waals surface area contributed by atoms with E-state index in [9.17, 15) is 80.3 Å². The summed E-state index contributed by atoms with van der Waals surface area (Å²) in [6, 6.07) is 13.9. The van der Waals surface area contributed by atoms with Gasteiger partial charge in [-0.25, -0.2) is 9.97 Å². The van der Waals surface area contributed by atoms with E-state index in [4.69, 9.17) is 16.3 Å². The fourth-order valence-electron chi connectivity index (χ4n) is 7.76. The maximum absolute atomic E-state index is 12.5. The Labute approximate surface area is 465 Å². The van der Waals surface area contributed by atoms with Gasteiger partial charge in [0.15, 0.2) is 11.3 Å². The van der Waals surface area contributed by atoms with Gasteiger partial charge in [0.25, 0.3) is 50.6 Å². The van der Waals surface area contributed by atoms with Gasteiger partial charge in [-0.15, -0.1) is 37.3 Å². The van der Waals surface area contributed by atoms with Crippen molar-refractivity contribution in [2.75, 3.05) is 23.9 Å². The van der Waals surface area contributed by atoms with Crippen LogP contribution in [0.15, 0.2) is 111 Å². The van der Waals surface area contributed by atoms with E-state index in [1.807, 2.05) is 6.07 Å². The molecule has 28 nitrogen and oxygen atoms in total. The van der Waals surface area contributed by atoms with Gasteiger partial charge in [0.05, 0.1) is 56.9 Å². The van der Waals surface area contributed by atoms with E-state index in [1.165, 1.54) is 43.3 Å². The van der Waals surface area contributed by atoms with Gasteiger partial charge in [-0.05, 0) is 91.9 Å². The van der Waals surface area contributed by atoms with Gasteiger partial charge in [-0.3, -0.25) is 27.2 Å². The van der Waals surface area contributed by atoms with Crippen molar-refractivity contribution in [2.45, 2.75) is 52.9 Å². The summed E-state index contributed by atoms with van der Waals surface area (Å²) in [5.41, 5.74) is -1.00. The zero-order valence-corrected chi connectivity index (χ0v) is 47.0. The minimum Gasteiger partial charge on any atom is -0.493 e. The number of hydrogen-bond donors (Lipinski definition) is 7. The highest BCUT2D eigenvalue weighted by molar-refractivity contribution is 7.99. The number of halogens is 1. The molecule has 0 aliphatic heterocycles. The van der Waals surface area contributed by atoms with Gasteiger partial charge < -0.3 is 14.9 Å². The number of thioether (sulfide) groups is 1. The van der Waals surface area contributed by atoms with Crippen LogP contribution in [-0.4, -0.2) is 113 Å². The predicted octanol–water partition coefficient (Wildman–Crippen LogP) is 9.60. The molecule has 3 heterocycles. The Morgan fingerprint density at radius 2 is 1.38 bits per heavy atom. The first-order chi connectivity index (χ1) is 37.3. The molecule has 5 aromatic carbocycles. The van der Waals surface area contributed by atoms with Gasteiger partial charge in [-0.1, -0.05) is 29.0 Å². The molecule has 0 saturated carbocycles. The number of azo groups is 3. The molecule has 0 aliphatic carbocycles. The molecule has 0 unspecified atom stereocenters. The van der Waals surface area contributed by atoms with Crippen molar-refractivity contribution in [3.63, 3.8) is 0 Å². The number of aliphatic hydroxyl groups is 1. The molecule has 8 rings (SSSR count). The zero-order valence-electron chi connectivity index (χ0n) is 40.6. The summed E-state index contributed by atoms with van der Waals surface area (Å²) in [5, 5.41) is 57.9. The van der Waals surface area contributed by atoms with Gasteiger partial charge in [0, 0.05) is 32.5 Å². The van der Waals surface area contributed by atoms with Crippen LogP contribution in [0.3, 0.4) is 0 Å². The van der Waals surface area contributed by atoms with Gasteiger partial charge in [-0.2, -0.15) is 52.5 Å². The van der Waals surface area contributed by atoms with Crippen molar-refractivity contribution in [1.82, 2.24) is 14.4 Å². The SMILES string of the molecule is Cc1cc(N=Nc2c(C)c(C#N)c3nc4c(S(=O)(=O)O)cc(Cl)cc4n3c2O)c(OCCCS(=O)(=O)O)cc1N=Nc1cc(CO)c(N=Nc2nc3c(S(=O)(=O)O)cc4ccc(S(=O)(=O)O)cc4c3s2)cc1SCCCS(=O)(=O)O. The molecule has 0 fully saturated rings. The summed E-state index contributed by atoms with van der Waals surface area (Å²) < 4.78 is 175. The number of aromatic hydroxyl groups is 1. The maximum Gasteiger partial charge on any atom is 0.296 e. The highest BCUT2D eigenvalue weighted by Gasteiger charge is 2.27. The lowest BCUT2D eigenvalue weighted by molar-refractivity contribution is 0.282. The molecule has 8 aromatic rings. The van der Waals surface area contributed by atoms with Gasteiger partial charge >= 0.3 is 0 Å². The highest BCUT2D eigenvalue weighted by Crippen LogP contribution is 2.45. The Morgan fingerprint density at radius 3 is 2.02 bits per heavy atom. The lowest BCUT2D eigenvalue weighted by Crippen LogP contribution is -2.08. The molecule has 7 N–H and O–H groups in total. The predicted molar refractivity (Wildman–Crippen MR) is 290 cm³/mol. The van der Waals surface area contributed by atoms with Crippen LogP contribution in [0.25, 0.3) is 37.7 Å². The molecule has 0 spiro atoms. The molecule has 0 amide bonds. The lowest BCUT2D eigenvalue weighted by atomic mass is 10.1. The van der Waals surface area contributed by atoms with Crippen molar-refractivity contribution in [3.8, 4) is 17.7 Å². The monoisotopic (exact) mass is 1250 g/mol. The largest absolute Gasteiger partial charge is 0.493 e. The summed E-state index contributed by atoms with van der Waals surface area (Å²) in [6.45, 7) is 1.93. The summed E-state index contributed by atoms with van der Waals surface area (Å²) in [4.78, 5) is 6.82. The highest BCUT2D eigenvalue weighted by atomic mass is 35.5. The van der Waals surface area contributed by atoms with Crippen LogP contribution in [0.5, 0.6) is 11.6 Å². The maximum atomic E-state index is 12.5. The molecule has 0 atom stereocenters. The fourth-order valence-corrected chi connectivity index (χ4v) is 13.0. The van der Waals surface area contributed by atoms with E-state index in [0.29, 0.717) is 5.56 Å². The minimum absolute atomic E-state index is 0.0156. The van der Waals surface area contributed by atoms with Crippen molar-refractivity contribution in [2.24, 2.45) is 30.7 Å².